The van der Waals surface area contributed by atoms with Crippen LogP contribution >= 0.6 is 27.3 Å². The van der Waals surface area contributed by atoms with Gasteiger partial charge < -0.3 is 9.88 Å². The van der Waals surface area contributed by atoms with Crippen molar-refractivity contribution in [2.75, 3.05) is 6.54 Å². The lowest BCUT2D eigenvalue weighted by Gasteiger charge is -2.19. The Labute approximate surface area is 123 Å². The van der Waals surface area contributed by atoms with Crippen LogP contribution in [-0.2, 0) is 6.54 Å². The van der Waals surface area contributed by atoms with Crippen LogP contribution in [0.25, 0.3) is 0 Å². The zero-order valence-electron chi connectivity index (χ0n) is 10.4. The summed E-state index contributed by atoms with van der Waals surface area (Å²) >= 11 is 4.98. The highest BCUT2D eigenvalue weighted by molar-refractivity contribution is 9.11. The maximum Gasteiger partial charge on any atom is 0.259 e. The number of aromatic nitrogens is 1. The molecule has 0 aromatic carbocycles. The smallest absolute Gasteiger partial charge is 0.259 e. The molecule has 6 heteroatoms. The Bertz CT molecular complexity index is 635. The van der Waals surface area contributed by atoms with E-state index in [0.717, 1.165) is 8.66 Å². The van der Waals surface area contributed by atoms with Gasteiger partial charge in [0.15, 0.2) is 5.43 Å². The van der Waals surface area contributed by atoms with Crippen LogP contribution in [0.3, 0.4) is 0 Å². The summed E-state index contributed by atoms with van der Waals surface area (Å²) in [5.41, 5.74) is -0.0745. The highest BCUT2D eigenvalue weighted by Crippen LogP contribution is 2.23. The van der Waals surface area contributed by atoms with Crippen molar-refractivity contribution in [3.05, 3.63) is 55.0 Å². The van der Waals surface area contributed by atoms with Gasteiger partial charge in [0.25, 0.3) is 5.91 Å². The lowest BCUT2D eigenvalue weighted by molar-refractivity contribution is 0.0752. The molecule has 0 fully saturated rings. The molecule has 2 aromatic heterocycles. The number of nitrogens with zero attached hydrogens (tertiary/aromatic N) is 1. The Hall–Kier alpha value is -1.40. The van der Waals surface area contributed by atoms with Crippen molar-refractivity contribution >= 4 is 33.2 Å². The number of halogens is 1. The first-order valence-electron chi connectivity index (χ1n) is 5.82. The van der Waals surface area contributed by atoms with Gasteiger partial charge in [-0.2, -0.15) is 0 Å². The van der Waals surface area contributed by atoms with Crippen molar-refractivity contribution in [3.8, 4) is 0 Å². The van der Waals surface area contributed by atoms with Gasteiger partial charge in [-0.3, -0.25) is 9.59 Å². The minimum atomic E-state index is -0.255. The molecule has 0 saturated carbocycles. The Morgan fingerprint density at radius 3 is 2.79 bits per heavy atom. The van der Waals surface area contributed by atoms with Crippen LogP contribution in [0.1, 0.15) is 22.2 Å². The van der Waals surface area contributed by atoms with Gasteiger partial charge in [0, 0.05) is 29.9 Å². The van der Waals surface area contributed by atoms with Crippen molar-refractivity contribution in [2.24, 2.45) is 0 Å². The second kappa shape index (κ2) is 6.16. The molecule has 1 amide bonds. The third-order valence-corrected chi connectivity index (χ3v) is 4.31. The lowest BCUT2D eigenvalue weighted by atomic mass is 10.2. The van der Waals surface area contributed by atoms with Gasteiger partial charge in [-0.05, 0) is 35.0 Å². The first kappa shape index (κ1) is 14.0. The molecule has 0 radical (unpaired) electrons. The van der Waals surface area contributed by atoms with Crippen molar-refractivity contribution < 1.29 is 4.79 Å². The van der Waals surface area contributed by atoms with Gasteiger partial charge in [0.05, 0.1) is 10.3 Å². The second-order valence-corrected chi connectivity index (χ2v) is 6.49. The van der Waals surface area contributed by atoms with E-state index in [1.54, 1.807) is 16.2 Å². The molecule has 2 aromatic rings. The first-order chi connectivity index (χ1) is 9.11. The van der Waals surface area contributed by atoms with E-state index < -0.39 is 0 Å². The van der Waals surface area contributed by atoms with Gasteiger partial charge in [0.1, 0.15) is 5.56 Å². The number of pyridine rings is 1. The molecule has 0 aliphatic rings. The average molecular weight is 341 g/mol. The summed E-state index contributed by atoms with van der Waals surface area (Å²) < 4.78 is 1.03. The quantitative estimate of drug-likeness (QED) is 0.930. The SMILES string of the molecule is CCN(Cc1ccc(Br)s1)C(=O)c1c[nH]ccc1=O. The molecular formula is C13H13BrN2O2S. The molecule has 0 saturated heterocycles. The number of hydrogen-bond acceptors (Lipinski definition) is 3. The minimum absolute atomic E-state index is 0.181. The minimum Gasteiger partial charge on any atom is -0.367 e. The summed E-state index contributed by atoms with van der Waals surface area (Å²) in [5, 5.41) is 0. The van der Waals surface area contributed by atoms with Gasteiger partial charge in [-0.25, -0.2) is 0 Å². The van der Waals surface area contributed by atoms with E-state index in [1.807, 2.05) is 19.1 Å². The summed E-state index contributed by atoms with van der Waals surface area (Å²) in [5.74, 6) is -0.242. The van der Waals surface area contributed by atoms with Gasteiger partial charge in [0.2, 0.25) is 0 Å². The van der Waals surface area contributed by atoms with Gasteiger partial charge in [-0.1, -0.05) is 0 Å². The number of thiophene rings is 1. The maximum atomic E-state index is 12.3. The Balaban J connectivity index is 2.20. The Morgan fingerprint density at radius 1 is 1.42 bits per heavy atom. The van der Waals surface area contributed by atoms with E-state index in [9.17, 15) is 9.59 Å². The van der Waals surface area contributed by atoms with Gasteiger partial charge >= 0.3 is 0 Å². The van der Waals surface area contributed by atoms with E-state index in [0.29, 0.717) is 13.1 Å². The summed E-state index contributed by atoms with van der Waals surface area (Å²) in [4.78, 5) is 29.5. The monoisotopic (exact) mass is 340 g/mol. The largest absolute Gasteiger partial charge is 0.367 e. The molecule has 4 nitrogen and oxygen atoms in total. The fourth-order valence-corrected chi connectivity index (χ4v) is 3.20. The molecule has 1 N–H and O–H groups in total. The zero-order valence-corrected chi connectivity index (χ0v) is 12.8. The summed E-state index contributed by atoms with van der Waals surface area (Å²) in [6.07, 6.45) is 2.98. The fraction of sp³-hybridized carbons (Fsp3) is 0.231. The number of carbonyl (C=O) groups is 1. The van der Waals surface area contributed by atoms with Crippen LogP contribution in [0.15, 0.2) is 39.2 Å². The lowest BCUT2D eigenvalue weighted by Crippen LogP contribution is -2.33. The molecule has 0 spiro atoms. The topological polar surface area (TPSA) is 53.2 Å². The van der Waals surface area contributed by atoms with Crippen LogP contribution in [-0.4, -0.2) is 22.3 Å². The second-order valence-electron chi connectivity index (χ2n) is 3.95. The molecule has 2 rings (SSSR count). The predicted octanol–water partition coefficient (Wildman–Crippen LogP) is 2.86. The number of hydrogen-bond donors (Lipinski definition) is 1. The molecule has 0 aliphatic heterocycles. The van der Waals surface area contributed by atoms with E-state index >= 15 is 0 Å². The van der Waals surface area contributed by atoms with Crippen LogP contribution in [0, 0.1) is 0 Å². The number of H-pyrrole nitrogens is 1. The van der Waals surface area contributed by atoms with E-state index in [2.05, 4.69) is 20.9 Å². The normalized spacial score (nSPS) is 10.4. The third-order valence-electron chi connectivity index (χ3n) is 2.70. The molecule has 0 aliphatic carbocycles. The standard InChI is InChI=1S/C13H13BrN2O2S/c1-2-16(8-9-3-4-12(14)19-9)13(18)10-7-15-6-5-11(10)17/h3-7H,2,8H2,1H3,(H,15,17). The predicted molar refractivity (Wildman–Crippen MR) is 79.5 cm³/mol. The zero-order chi connectivity index (χ0) is 13.8. The van der Waals surface area contributed by atoms with E-state index in [1.165, 1.54) is 18.5 Å². The fourth-order valence-electron chi connectivity index (χ4n) is 1.71. The average Bonchev–Trinajstić information content (AvgIpc) is 2.81. The van der Waals surface area contributed by atoms with Crippen LogP contribution in [0.5, 0.6) is 0 Å². The van der Waals surface area contributed by atoms with Gasteiger partial charge in [-0.15, -0.1) is 11.3 Å². The number of rotatable bonds is 4. The van der Waals surface area contributed by atoms with Crippen LogP contribution in [0.4, 0.5) is 0 Å². The number of nitrogens with one attached hydrogen (secondary N) is 1. The molecule has 100 valence electrons. The van der Waals surface area contributed by atoms with Crippen molar-refractivity contribution in [3.63, 3.8) is 0 Å². The highest BCUT2D eigenvalue weighted by atomic mass is 79.9. The third kappa shape index (κ3) is 3.33. The van der Waals surface area contributed by atoms with Crippen LogP contribution in [0.2, 0.25) is 0 Å². The Kier molecular flexibility index (Phi) is 4.55. The number of amides is 1. The summed E-state index contributed by atoms with van der Waals surface area (Å²) in [7, 11) is 0. The molecular weight excluding hydrogens is 328 g/mol. The summed E-state index contributed by atoms with van der Waals surface area (Å²) in [6, 6.07) is 5.29. The van der Waals surface area contributed by atoms with E-state index in [-0.39, 0.29) is 16.9 Å². The summed E-state index contributed by atoms with van der Waals surface area (Å²) in [6.45, 7) is 2.97. The number of carbonyl (C=O) groups excluding carboxylic acids is 1. The molecule has 0 bridgehead atoms. The first-order valence-corrected chi connectivity index (χ1v) is 7.43. The maximum absolute atomic E-state index is 12.3. The Morgan fingerprint density at radius 2 is 2.21 bits per heavy atom. The van der Waals surface area contributed by atoms with Crippen LogP contribution < -0.4 is 5.43 Å². The molecule has 0 atom stereocenters. The molecule has 19 heavy (non-hydrogen) atoms. The molecule has 0 unspecified atom stereocenters. The highest BCUT2D eigenvalue weighted by Gasteiger charge is 2.17. The van der Waals surface area contributed by atoms with Crippen molar-refractivity contribution in [1.29, 1.82) is 0 Å². The van der Waals surface area contributed by atoms with Crippen molar-refractivity contribution in [2.45, 2.75) is 13.5 Å². The molecule has 2 heterocycles. The van der Waals surface area contributed by atoms with Crippen molar-refractivity contribution in [1.82, 2.24) is 9.88 Å². The van der Waals surface area contributed by atoms with E-state index in [4.69, 9.17) is 0 Å². The number of aromatic amines is 1.